The predicted molar refractivity (Wildman–Crippen MR) is 74.8 cm³/mol. The summed E-state index contributed by atoms with van der Waals surface area (Å²) in [7, 11) is 0. The highest BCUT2D eigenvalue weighted by molar-refractivity contribution is 6.33. The van der Waals surface area contributed by atoms with E-state index in [0.29, 0.717) is 5.41 Å². The van der Waals surface area contributed by atoms with E-state index >= 15 is 0 Å². The third kappa shape index (κ3) is 3.15. The number of halogens is 2. The van der Waals surface area contributed by atoms with Crippen LogP contribution in [0.25, 0.3) is 0 Å². The van der Waals surface area contributed by atoms with Gasteiger partial charge in [-0.25, -0.2) is 0 Å². The average molecular weight is 272 g/mol. The van der Waals surface area contributed by atoms with Crippen LogP contribution in [-0.4, -0.2) is 6.54 Å². The topological polar surface area (TPSA) is 12.0 Å². The Hall–Kier alpha value is -0.240. The number of nitrogens with one attached hydrogen (secondary N) is 1. The lowest BCUT2D eigenvalue weighted by atomic mass is 10.0. The molecule has 0 radical (unpaired) electrons. The first-order chi connectivity index (χ1) is 8.06. The summed E-state index contributed by atoms with van der Waals surface area (Å²) >= 11 is 12.2. The van der Waals surface area contributed by atoms with Crippen molar-refractivity contribution in [3.63, 3.8) is 0 Å². The molecule has 1 saturated carbocycles. The van der Waals surface area contributed by atoms with Gasteiger partial charge in [-0.15, -0.1) is 0 Å². The molecule has 0 aromatic heterocycles. The summed E-state index contributed by atoms with van der Waals surface area (Å²) in [6.07, 6.45) is 3.97. The molecule has 1 fully saturated rings. The monoisotopic (exact) mass is 271 g/mol. The van der Waals surface area contributed by atoms with Gasteiger partial charge in [0.25, 0.3) is 0 Å². The first-order valence-electron chi connectivity index (χ1n) is 6.25. The molecule has 1 aromatic rings. The SMILES string of the molecule is CCC1(CNC(C)c2cc(Cl)ccc2Cl)CC1. The van der Waals surface area contributed by atoms with Gasteiger partial charge in [0.05, 0.1) is 0 Å². The quantitative estimate of drug-likeness (QED) is 0.809. The second-order valence-electron chi connectivity index (χ2n) is 5.12. The third-order valence-electron chi connectivity index (χ3n) is 3.91. The Morgan fingerprint density at radius 3 is 2.65 bits per heavy atom. The molecule has 1 aliphatic carbocycles. The molecule has 17 heavy (non-hydrogen) atoms. The molecule has 0 aliphatic heterocycles. The van der Waals surface area contributed by atoms with Crippen LogP contribution in [0.4, 0.5) is 0 Å². The van der Waals surface area contributed by atoms with E-state index in [4.69, 9.17) is 23.2 Å². The summed E-state index contributed by atoms with van der Waals surface area (Å²) in [6.45, 7) is 5.49. The van der Waals surface area contributed by atoms with Gasteiger partial charge in [0.15, 0.2) is 0 Å². The van der Waals surface area contributed by atoms with Crippen LogP contribution in [0.5, 0.6) is 0 Å². The lowest BCUT2D eigenvalue weighted by Crippen LogP contribution is -2.26. The lowest BCUT2D eigenvalue weighted by molar-refractivity contribution is 0.415. The highest BCUT2D eigenvalue weighted by Crippen LogP contribution is 2.48. The number of benzene rings is 1. The Kier molecular flexibility index (Phi) is 4.02. The molecule has 1 aromatic carbocycles. The molecule has 0 amide bonds. The second-order valence-corrected chi connectivity index (χ2v) is 5.97. The fraction of sp³-hybridized carbons (Fsp3) is 0.571. The maximum absolute atomic E-state index is 6.19. The zero-order valence-electron chi connectivity index (χ0n) is 10.4. The molecule has 3 heteroatoms. The van der Waals surface area contributed by atoms with Gasteiger partial charge in [0.2, 0.25) is 0 Å². The van der Waals surface area contributed by atoms with Crippen LogP contribution in [0.2, 0.25) is 10.0 Å². The van der Waals surface area contributed by atoms with E-state index in [1.54, 1.807) is 0 Å². The van der Waals surface area contributed by atoms with Gasteiger partial charge in [-0.1, -0.05) is 30.1 Å². The van der Waals surface area contributed by atoms with E-state index in [2.05, 4.69) is 19.2 Å². The van der Waals surface area contributed by atoms with Gasteiger partial charge in [0, 0.05) is 22.6 Å². The minimum atomic E-state index is 0.255. The lowest BCUT2D eigenvalue weighted by Gasteiger charge is -2.20. The van der Waals surface area contributed by atoms with Crippen LogP contribution in [0.15, 0.2) is 18.2 Å². The van der Waals surface area contributed by atoms with E-state index < -0.39 is 0 Å². The molecule has 1 N–H and O–H groups in total. The molecule has 1 aliphatic rings. The molecular formula is C14H19Cl2N. The smallest absolute Gasteiger partial charge is 0.0454 e. The molecular weight excluding hydrogens is 253 g/mol. The normalized spacial score (nSPS) is 19.1. The molecule has 94 valence electrons. The van der Waals surface area contributed by atoms with Crippen LogP contribution in [0.3, 0.4) is 0 Å². The highest BCUT2D eigenvalue weighted by atomic mass is 35.5. The van der Waals surface area contributed by atoms with E-state index in [1.165, 1.54) is 19.3 Å². The molecule has 0 saturated heterocycles. The predicted octanol–water partition coefficient (Wildman–Crippen LogP) is 4.83. The first-order valence-corrected chi connectivity index (χ1v) is 7.00. The number of hydrogen-bond donors (Lipinski definition) is 1. The van der Waals surface area contributed by atoms with Crippen LogP contribution in [0, 0.1) is 5.41 Å². The fourth-order valence-corrected chi connectivity index (χ4v) is 2.62. The van der Waals surface area contributed by atoms with Crippen molar-refractivity contribution in [2.24, 2.45) is 5.41 Å². The molecule has 0 spiro atoms. The summed E-state index contributed by atoms with van der Waals surface area (Å²) in [6, 6.07) is 5.90. The zero-order valence-corrected chi connectivity index (χ0v) is 11.9. The Morgan fingerprint density at radius 2 is 2.06 bits per heavy atom. The van der Waals surface area contributed by atoms with Crippen molar-refractivity contribution in [1.82, 2.24) is 5.32 Å². The molecule has 1 unspecified atom stereocenters. The number of hydrogen-bond acceptors (Lipinski definition) is 1. The Labute approximate surface area is 114 Å². The van der Waals surface area contributed by atoms with Crippen LogP contribution >= 0.6 is 23.2 Å². The standard InChI is InChI=1S/C14H19Cl2N/c1-3-14(6-7-14)9-17-10(2)12-8-11(15)4-5-13(12)16/h4-5,8,10,17H,3,6-7,9H2,1-2H3. The molecule has 0 bridgehead atoms. The summed E-state index contributed by atoms with van der Waals surface area (Å²) in [5.41, 5.74) is 1.64. The van der Waals surface area contributed by atoms with E-state index in [9.17, 15) is 0 Å². The average Bonchev–Trinajstić information content (AvgIpc) is 3.10. The van der Waals surface area contributed by atoms with Gasteiger partial charge in [-0.05, 0) is 55.4 Å². The van der Waals surface area contributed by atoms with E-state index in [0.717, 1.165) is 22.2 Å². The van der Waals surface area contributed by atoms with Crippen LogP contribution in [0.1, 0.15) is 44.7 Å². The minimum Gasteiger partial charge on any atom is -0.310 e. The summed E-state index contributed by atoms with van der Waals surface area (Å²) < 4.78 is 0. The first kappa shape index (κ1) is 13.2. The fourth-order valence-electron chi connectivity index (χ4n) is 2.16. The third-order valence-corrected chi connectivity index (χ3v) is 4.49. The van der Waals surface area contributed by atoms with Gasteiger partial charge in [-0.3, -0.25) is 0 Å². The zero-order chi connectivity index (χ0) is 12.5. The maximum Gasteiger partial charge on any atom is 0.0454 e. The maximum atomic E-state index is 6.19. The van der Waals surface area contributed by atoms with Crippen molar-refractivity contribution < 1.29 is 0 Å². The van der Waals surface area contributed by atoms with Gasteiger partial charge in [0.1, 0.15) is 0 Å². The molecule has 2 rings (SSSR count). The van der Waals surface area contributed by atoms with Crippen LogP contribution in [-0.2, 0) is 0 Å². The van der Waals surface area contributed by atoms with Gasteiger partial charge >= 0.3 is 0 Å². The summed E-state index contributed by atoms with van der Waals surface area (Å²) in [4.78, 5) is 0. The molecule has 1 atom stereocenters. The van der Waals surface area contributed by atoms with Crippen molar-refractivity contribution in [3.8, 4) is 0 Å². The van der Waals surface area contributed by atoms with Gasteiger partial charge < -0.3 is 5.32 Å². The van der Waals surface area contributed by atoms with E-state index in [1.807, 2.05) is 18.2 Å². The Balaban J connectivity index is 1.99. The molecule has 1 nitrogen and oxygen atoms in total. The second kappa shape index (κ2) is 5.17. The van der Waals surface area contributed by atoms with Crippen molar-refractivity contribution in [1.29, 1.82) is 0 Å². The van der Waals surface area contributed by atoms with Gasteiger partial charge in [-0.2, -0.15) is 0 Å². The summed E-state index contributed by atoms with van der Waals surface area (Å²) in [5, 5.41) is 5.11. The Morgan fingerprint density at radius 1 is 1.35 bits per heavy atom. The summed E-state index contributed by atoms with van der Waals surface area (Å²) in [5.74, 6) is 0. The van der Waals surface area contributed by atoms with Crippen molar-refractivity contribution in [2.45, 2.75) is 39.2 Å². The van der Waals surface area contributed by atoms with Crippen molar-refractivity contribution in [2.75, 3.05) is 6.54 Å². The van der Waals surface area contributed by atoms with Crippen LogP contribution < -0.4 is 5.32 Å². The van der Waals surface area contributed by atoms with Crippen molar-refractivity contribution in [3.05, 3.63) is 33.8 Å². The number of rotatable bonds is 5. The van der Waals surface area contributed by atoms with E-state index in [-0.39, 0.29) is 6.04 Å². The highest BCUT2D eigenvalue weighted by Gasteiger charge is 2.40. The minimum absolute atomic E-state index is 0.255. The largest absolute Gasteiger partial charge is 0.310 e. The molecule has 0 heterocycles. The van der Waals surface area contributed by atoms with Crippen molar-refractivity contribution >= 4 is 23.2 Å². The Bertz CT molecular complexity index is 399.